The van der Waals surface area contributed by atoms with Crippen molar-refractivity contribution in [3.63, 3.8) is 0 Å². The lowest BCUT2D eigenvalue weighted by atomic mass is 9.92. The Labute approximate surface area is 106 Å². The number of thiocarbonyl (C=S) groups is 1. The third-order valence-electron chi connectivity index (χ3n) is 3.79. The Morgan fingerprint density at radius 1 is 1.31 bits per heavy atom. The van der Waals surface area contributed by atoms with E-state index >= 15 is 0 Å². The van der Waals surface area contributed by atoms with Crippen molar-refractivity contribution in [2.45, 2.75) is 70.9 Å². The van der Waals surface area contributed by atoms with E-state index in [2.05, 4.69) is 18.7 Å². The van der Waals surface area contributed by atoms with Crippen LogP contribution in [0.4, 0.5) is 0 Å². The number of hydrogen-bond donors (Lipinski definition) is 1. The van der Waals surface area contributed by atoms with E-state index in [1.165, 1.54) is 32.1 Å². The smallest absolute Gasteiger partial charge is 0.0743 e. The van der Waals surface area contributed by atoms with E-state index in [0.717, 1.165) is 25.4 Å². The highest BCUT2D eigenvalue weighted by molar-refractivity contribution is 7.80. The van der Waals surface area contributed by atoms with Crippen molar-refractivity contribution in [3.05, 3.63) is 0 Å². The first-order valence-electron chi connectivity index (χ1n) is 6.73. The molecule has 0 spiro atoms. The Kier molecular flexibility index (Phi) is 6.29. The van der Waals surface area contributed by atoms with Crippen LogP contribution in [0.2, 0.25) is 0 Å². The first kappa shape index (κ1) is 13.9. The molecule has 0 saturated heterocycles. The van der Waals surface area contributed by atoms with Gasteiger partial charge in [-0.15, -0.1) is 0 Å². The molecule has 0 bridgehead atoms. The van der Waals surface area contributed by atoms with Gasteiger partial charge < -0.3 is 5.73 Å². The minimum absolute atomic E-state index is 0.561. The summed E-state index contributed by atoms with van der Waals surface area (Å²) < 4.78 is 0. The fraction of sp³-hybridized carbons (Fsp3) is 0.923. The van der Waals surface area contributed by atoms with E-state index in [1.807, 2.05) is 0 Å². The van der Waals surface area contributed by atoms with Gasteiger partial charge in [-0.1, -0.05) is 45.3 Å². The molecule has 0 heterocycles. The minimum atomic E-state index is 0.561. The van der Waals surface area contributed by atoms with Gasteiger partial charge >= 0.3 is 0 Å². The maximum Gasteiger partial charge on any atom is 0.0743 e. The van der Waals surface area contributed by atoms with Crippen molar-refractivity contribution in [2.75, 3.05) is 6.54 Å². The van der Waals surface area contributed by atoms with Crippen LogP contribution in [0.5, 0.6) is 0 Å². The minimum Gasteiger partial charge on any atom is -0.393 e. The Morgan fingerprint density at radius 3 is 2.38 bits per heavy atom. The molecule has 94 valence electrons. The molecule has 0 radical (unpaired) electrons. The van der Waals surface area contributed by atoms with E-state index in [0.29, 0.717) is 11.0 Å². The van der Waals surface area contributed by atoms with Gasteiger partial charge in [0, 0.05) is 18.5 Å². The third-order valence-corrected chi connectivity index (χ3v) is 3.95. The second-order valence-electron chi connectivity index (χ2n) is 4.85. The average Bonchev–Trinajstić information content (AvgIpc) is 2.29. The van der Waals surface area contributed by atoms with Crippen molar-refractivity contribution < 1.29 is 0 Å². The average molecular weight is 242 g/mol. The predicted molar refractivity (Wildman–Crippen MR) is 74.7 cm³/mol. The van der Waals surface area contributed by atoms with Crippen LogP contribution in [0.3, 0.4) is 0 Å². The Bertz CT molecular complexity index is 212. The second kappa shape index (κ2) is 7.23. The lowest BCUT2D eigenvalue weighted by molar-refractivity contribution is 0.111. The molecule has 1 rings (SSSR count). The van der Waals surface area contributed by atoms with Gasteiger partial charge in [0.25, 0.3) is 0 Å². The van der Waals surface area contributed by atoms with Gasteiger partial charge in [-0.3, -0.25) is 4.90 Å². The fourth-order valence-corrected chi connectivity index (χ4v) is 3.15. The van der Waals surface area contributed by atoms with Crippen LogP contribution in [0.15, 0.2) is 0 Å². The lowest BCUT2D eigenvalue weighted by Gasteiger charge is -2.39. The van der Waals surface area contributed by atoms with Crippen LogP contribution in [-0.2, 0) is 0 Å². The van der Waals surface area contributed by atoms with Gasteiger partial charge in [-0.2, -0.15) is 0 Å². The van der Waals surface area contributed by atoms with Crippen LogP contribution in [0, 0.1) is 0 Å². The molecular weight excluding hydrogens is 216 g/mol. The fourth-order valence-electron chi connectivity index (χ4n) is 2.96. The standard InChI is InChI=1S/C13H26N2S/c1-3-11(10-13(14)16)15(4-2)12-8-6-5-7-9-12/h11-12H,3-10H2,1-2H3,(H2,14,16). The van der Waals surface area contributed by atoms with Gasteiger partial charge in [0.05, 0.1) is 4.99 Å². The molecule has 1 aliphatic rings. The highest BCUT2D eigenvalue weighted by Gasteiger charge is 2.25. The molecule has 0 aromatic heterocycles. The van der Waals surface area contributed by atoms with Crippen LogP contribution in [-0.4, -0.2) is 28.5 Å². The second-order valence-corrected chi connectivity index (χ2v) is 5.38. The van der Waals surface area contributed by atoms with E-state index < -0.39 is 0 Å². The summed E-state index contributed by atoms with van der Waals surface area (Å²) >= 11 is 5.06. The Morgan fingerprint density at radius 2 is 1.94 bits per heavy atom. The van der Waals surface area contributed by atoms with E-state index in [-0.39, 0.29) is 0 Å². The SMILES string of the molecule is CCC(CC(N)=S)N(CC)C1CCCCC1. The first-order valence-corrected chi connectivity index (χ1v) is 7.13. The van der Waals surface area contributed by atoms with Crippen molar-refractivity contribution >= 4 is 17.2 Å². The quantitative estimate of drug-likeness (QED) is 0.726. The van der Waals surface area contributed by atoms with E-state index in [4.69, 9.17) is 18.0 Å². The van der Waals surface area contributed by atoms with E-state index in [1.54, 1.807) is 0 Å². The molecular formula is C13H26N2S. The zero-order valence-corrected chi connectivity index (χ0v) is 11.6. The molecule has 16 heavy (non-hydrogen) atoms. The zero-order chi connectivity index (χ0) is 12.0. The van der Waals surface area contributed by atoms with Gasteiger partial charge in [-0.05, 0) is 25.8 Å². The van der Waals surface area contributed by atoms with Gasteiger partial charge in [-0.25, -0.2) is 0 Å². The molecule has 2 nitrogen and oxygen atoms in total. The molecule has 1 aliphatic carbocycles. The summed E-state index contributed by atoms with van der Waals surface area (Å²) in [7, 11) is 0. The van der Waals surface area contributed by atoms with Crippen LogP contribution >= 0.6 is 12.2 Å². The molecule has 3 heteroatoms. The molecule has 1 fully saturated rings. The maximum absolute atomic E-state index is 5.70. The summed E-state index contributed by atoms with van der Waals surface area (Å²) in [5, 5.41) is 0. The number of nitrogens with two attached hydrogens (primary N) is 1. The number of rotatable bonds is 6. The predicted octanol–water partition coefficient (Wildman–Crippen LogP) is 3.10. The van der Waals surface area contributed by atoms with Crippen molar-refractivity contribution in [2.24, 2.45) is 5.73 Å². The largest absolute Gasteiger partial charge is 0.393 e. The van der Waals surface area contributed by atoms with Crippen LogP contribution in [0.25, 0.3) is 0 Å². The third kappa shape index (κ3) is 4.02. The molecule has 1 atom stereocenters. The summed E-state index contributed by atoms with van der Waals surface area (Å²) in [5.41, 5.74) is 5.70. The van der Waals surface area contributed by atoms with Crippen molar-refractivity contribution in [1.29, 1.82) is 0 Å². The lowest BCUT2D eigenvalue weighted by Crippen LogP contribution is -2.45. The first-order chi connectivity index (χ1) is 7.69. The highest BCUT2D eigenvalue weighted by Crippen LogP contribution is 2.25. The van der Waals surface area contributed by atoms with E-state index in [9.17, 15) is 0 Å². The van der Waals surface area contributed by atoms with Gasteiger partial charge in [0.2, 0.25) is 0 Å². The number of nitrogens with zero attached hydrogens (tertiary/aromatic N) is 1. The van der Waals surface area contributed by atoms with Gasteiger partial charge in [0.1, 0.15) is 0 Å². The summed E-state index contributed by atoms with van der Waals surface area (Å²) in [5.74, 6) is 0. The summed E-state index contributed by atoms with van der Waals surface area (Å²) in [6.07, 6.45) is 8.97. The van der Waals surface area contributed by atoms with Gasteiger partial charge in [0.15, 0.2) is 0 Å². The Balaban J connectivity index is 2.57. The summed E-state index contributed by atoms with van der Waals surface area (Å²) in [4.78, 5) is 3.30. The molecule has 1 unspecified atom stereocenters. The normalized spacial score (nSPS) is 19.9. The molecule has 2 N–H and O–H groups in total. The molecule has 0 amide bonds. The zero-order valence-electron chi connectivity index (χ0n) is 10.7. The monoisotopic (exact) mass is 242 g/mol. The molecule has 0 aromatic carbocycles. The molecule has 1 saturated carbocycles. The van der Waals surface area contributed by atoms with Crippen molar-refractivity contribution in [3.8, 4) is 0 Å². The summed E-state index contributed by atoms with van der Waals surface area (Å²) in [6, 6.07) is 1.34. The molecule has 0 aliphatic heterocycles. The maximum atomic E-state index is 5.70. The number of hydrogen-bond acceptors (Lipinski definition) is 2. The van der Waals surface area contributed by atoms with Crippen LogP contribution in [0.1, 0.15) is 58.8 Å². The Hall–Kier alpha value is -0.150. The van der Waals surface area contributed by atoms with Crippen molar-refractivity contribution in [1.82, 2.24) is 4.90 Å². The molecule has 0 aromatic rings. The summed E-state index contributed by atoms with van der Waals surface area (Å²) in [6.45, 7) is 5.64. The van der Waals surface area contributed by atoms with Crippen LogP contribution < -0.4 is 5.73 Å². The highest BCUT2D eigenvalue weighted by atomic mass is 32.1. The topological polar surface area (TPSA) is 29.3 Å².